The van der Waals surface area contributed by atoms with Gasteiger partial charge in [-0.3, -0.25) is 9.69 Å². The standard InChI is InChI=1S/C14H16ClFN2O2S/c1-21-8-6-12-13(19)18(14(20)17-12)7-5-9-10(15)3-2-4-11(9)16/h2-4,12H,5-8H2,1H3,(H,17,20)/t12-/m0/s1. The maximum absolute atomic E-state index is 13.7. The van der Waals surface area contributed by atoms with Crippen LogP contribution in [0.4, 0.5) is 9.18 Å². The lowest BCUT2D eigenvalue weighted by Gasteiger charge is -2.14. The van der Waals surface area contributed by atoms with Crippen LogP contribution in [0.2, 0.25) is 5.02 Å². The zero-order valence-corrected chi connectivity index (χ0v) is 13.1. The average molecular weight is 331 g/mol. The maximum Gasteiger partial charge on any atom is 0.324 e. The van der Waals surface area contributed by atoms with Gasteiger partial charge < -0.3 is 5.32 Å². The first-order chi connectivity index (χ1) is 10.0. The van der Waals surface area contributed by atoms with E-state index in [0.29, 0.717) is 17.0 Å². The fourth-order valence-corrected chi connectivity index (χ4v) is 2.94. The largest absolute Gasteiger partial charge is 0.326 e. The highest BCUT2D eigenvalue weighted by molar-refractivity contribution is 7.98. The molecule has 1 saturated heterocycles. The first kappa shape index (κ1) is 16.1. The summed E-state index contributed by atoms with van der Waals surface area (Å²) in [6.45, 7) is 0.126. The third-order valence-corrected chi connectivity index (χ3v) is 4.36. The summed E-state index contributed by atoms with van der Waals surface area (Å²) in [5.41, 5.74) is 0.326. The molecule has 114 valence electrons. The second-order valence-electron chi connectivity index (χ2n) is 4.72. The van der Waals surface area contributed by atoms with Crippen molar-refractivity contribution in [3.63, 3.8) is 0 Å². The van der Waals surface area contributed by atoms with Gasteiger partial charge in [0.25, 0.3) is 5.91 Å². The van der Waals surface area contributed by atoms with E-state index in [9.17, 15) is 14.0 Å². The molecular formula is C14H16ClFN2O2S. The summed E-state index contributed by atoms with van der Waals surface area (Å²) in [5, 5.41) is 2.96. The minimum atomic E-state index is -0.471. The molecule has 0 radical (unpaired) electrons. The molecule has 0 bridgehead atoms. The number of carbonyl (C=O) groups is 2. The van der Waals surface area contributed by atoms with E-state index < -0.39 is 17.9 Å². The normalized spacial score (nSPS) is 18.2. The van der Waals surface area contributed by atoms with Crippen molar-refractivity contribution in [3.8, 4) is 0 Å². The molecule has 2 rings (SSSR count). The number of urea groups is 1. The van der Waals surface area contributed by atoms with Gasteiger partial charge in [-0.2, -0.15) is 11.8 Å². The van der Waals surface area contributed by atoms with Crippen molar-refractivity contribution in [3.05, 3.63) is 34.6 Å². The van der Waals surface area contributed by atoms with Crippen LogP contribution in [-0.2, 0) is 11.2 Å². The molecule has 0 unspecified atom stereocenters. The first-order valence-electron chi connectivity index (χ1n) is 6.58. The summed E-state index contributed by atoms with van der Waals surface area (Å²) in [6.07, 6.45) is 2.75. The lowest BCUT2D eigenvalue weighted by atomic mass is 10.1. The number of thioether (sulfide) groups is 1. The van der Waals surface area contributed by atoms with Crippen molar-refractivity contribution < 1.29 is 14.0 Å². The zero-order valence-electron chi connectivity index (χ0n) is 11.6. The lowest BCUT2D eigenvalue weighted by molar-refractivity contribution is -0.127. The molecule has 4 nitrogen and oxygen atoms in total. The van der Waals surface area contributed by atoms with E-state index in [-0.39, 0.29) is 18.9 Å². The van der Waals surface area contributed by atoms with Crippen molar-refractivity contribution in [2.45, 2.75) is 18.9 Å². The van der Waals surface area contributed by atoms with Crippen LogP contribution in [0.5, 0.6) is 0 Å². The summed E-state index contributed by atoms with van der Waals surface area (Å²) in [5.74, 6) is 0.124. The number of nitrogens with zero attached hydrogens (tertiary/aromatic N) is 1. The Morgan fingerprint density at radius 2 is 2.19 bits per heavy atom. The molecule has 1 aliphatic rings. The molecule has 7 heteroatoms. The molecule has 1 aliphatic heterocycles. The van der Waals surface area contributed by atoms with Crippen molar-refractivity contribution in [1.82, 2.24) is 10.2 Å². The number of imide groups is 1. The van der Waals surface area contributed by atoms with E-state index >= 15 is 0 Å². The Morgan fingerprint density at radius 3 is 2.86 bits per heavy atom. The van der Waals surface area contributed by atoms with Crippen molar-refractivity contribution in [2.75, 3.05) is 18.6 Å². The minimum Gasteiger partial charge on any atom is -0.326 e. The van der Waals surface area contributed by atoms with Gasteiger partial charge in [0.15, 0.2) is 0 Å². The Balaban J connectivity index is 2.00. The van der Waals surface area contributed by atoms with Gasteiger partial charge in [0.2, 0.25) is 0 Å². The first-order valence-corrected chi connectivity index (χ1v) is 8.35. The lowest BCUT2D eigenvalue weighted by Crippen LogP contribution is -2.33. The number of benzene rings is 1. The number of hydrogen-bond acceptors (Lipinski definition) is 3. The maximum atomic E-state index is 13.7. The summed E-state index contributed by atoms with van der Waals surface area (Å²) in [7, 11) is 0. The summed E-state index contributed by atoms with van der Waals surface area (Å²) < 4.78 is 13.7. The van der Waals surface area contributed by atoms with Gasteiger partial charge in [-0.1, -0.05) is 17.7 Å². The van der Waals surface area contributed by atoms with E-state index in [1.165, 1.54) is 12.1 Å². The van der Waals surface area contributed by atoms with Crippen LogP contribution in [0.15, 0.2) is 18.2 Å². The van der Waals surface area contributed by atoms with Gasteiger partial charge in [-0.15, -0.1) is 0 Å². The van der Waals surface area contributed by atoms with Crippen molar-refractivity contribution in [2.24, 2.45) is 0 Å². The predicted octanol–water partition coefficient (Wildman–Crippen LogP) is 2.70. The number of hydrogen-bond donors (Lipinski definition) is 1. The van der Waals surface area contributed by atoms with Crippen LogP contribution in [0.1, 0.15) is 12.0 Å². The Morgan fingerprint density at radius 1 is 1.43 bits per heavy atom. The molecule has 1 aromatic carbocycles. The Labute approximate surface area is 132 Å². The molecule has 0 spiro atoms. The molecule has 0 saturated carbocycles. The second kappa shape index (κ2) is 7.13. The van der Waals surface area contributed by atoms with Crippen molar-refractivity contribution in [1.29, 1.82) is 0 Å². The van der Waals surface area contributed by atoms with Crippen LogP contribution in [0, 0.1) is 5.82 Å². The van der Waals surface area contributed by atoms with Gasteiger partial charge in [0.1, 0.15) is 11.9 Å². The van der Waals surface area contributed by atoms with Gasteiger partial charge in [-0.05, 0) is 37.0 Å². The zero-order chi connectivity index (χ0) is 15.4. The molecule has 21 heavy (non-hydrogen) atoms. The number of amides is 3. The highest BCUT2D eigenvalue weighted by atomic mass is 35.5. The predicted molar refractivity (Wildman–Crippen MR) is 82.1 cm³/mol. The fourth-order valence-electron chi connectivity index (χ4n) is 2.21. The van der Waals surface area contributed by atoms with Crippen LogP contribution >= 0.6 is 23.4 Å². The topological polar surface area (TPSA) is 49.4 Å². The highest BCUT2D eigenvalue weighted by Gasteiger charge is 2.37. The van der Waals surface area contributed by atoms with Gasteiger partial charge >= 0.3 is 6.03 Å². The summed E-state index contributed by atoms with van der Waals surface area (Å²) in [4.78, 5) is 25.1. The third kappa shape index (κ3) is 3.68. The van der Waals surface area contributed by atoms with Gasteiger partial charge in [0.05, 0.1) is 0 Å². The van der Waals surface area contributed by atoms with E-state index in [0.717, 1.165) is 10.7 Å². The molecular weight excluding hydrogens is 315 g/mol. The van der Waals surface area contributed by atoms with Gasteiger partial charge in [0, 0.05) is 17.1 Å². The molecule has 0 aliphatic carbocycles. The van der Waals surface area contributed by atoms with Crippen LogP contribution in [0.3, 0.4) is 0 Å². The minimum absolute atomic E-state index is 0.126. The molecule has 3 amide bonds. The number of carbonyl (C=O) groups excluding carboxylic acids is 2. The third-order valence-electron chi connectivity index (χ3n) is 3.36. The molecule has 1 aromatic rings. The fraction of sp³-hybridized carbons (Fsp3) is 0.429. The van der Waals surface area contributed by atoms with Crippen LogP contribution in [-0.4, -0.2) is 41.4 Å². The monoisotopic (exact) mass is 330 g/mol. The summed E-state index contributed by atoms with van der Waals surface area (Å²) in [6, 6.07) is 3.54. The molecule has 1 atom stereocenters. The number of halogens is 2. The van der Waals surface area contributed by atoms with Gasteiger partial charge in [-0.25, -0.2) is 9.18 Å². The average Bonchev–Trinajstić information content (AvgIpc) is 2.71. The second-order valence-corrected chi connectivity index (χ2v) is 6.12. The molecule has 1 fully saturated rings. The van der Waals surface area contributed by atoms with Crippen LogP contribution in [0.25, 0.3) is 0 Å². The van der Waals surface area contributed by atoms with E-state index in [1.807, 2.05) is 6.26 Å². The van der Waals surface area contributed by atoms with Crippen molar-refractivity contribution >= 4 is 35.3 Å². The Kier molecular flexibility index (Phi) is 5.47. The van der Waals surface area contributed by atoms with E-state index in [4.69, 9.17) is 11.6 Å². The SMILES string of the molecule is CSCC[C@@H]1NC(=O)N(CCc2c(F)cccc2Cl)C1=O. The molecule has 0 aromatic heterocycles. The Bertz CT molecular complexity index is 536. The van der Waals surface area contributed by atoms with Crippen LogP contribution < -0.4 is 5.32 Å². The smallest absolute Gasteiger partial charge is 0.324 e. The number of rotatable bonds is 6. The summed E-state index contributed by atoms with van der Waals surface area (Å²) >= 11 is 7.56. The molecule has 1 heterocycles. The highest BCUT2D eigenvalue weighted by Crippen LogP contribution is 2.20. The quantitative estimate of drug-likeness (QED) is 0.816. The van der Waals surface area contributed by atoms with E-state index in [2.05, 4.69) is 5.32 Å². The van der Waals surface area contributed by atoms with E-state index in [1.54, 1.807) is 17.8 Å². The Hall–Kier alpha value is -1.27. The molecule has 1 N–H and O–H groups in total. The number of nitrogens with one attached hydrogen (secondary N) is 1.